The smallest absolute Gasteiger partial charge is 0.301 e. The van der Waals surface area contributed by atoms with Gasteiger partial charge in [0.1, 0.15) is 5.75 Å². The van der Waals surface area contributed by atoms with Crippen molar-refractivity contribution in [3.05, 3.63) is 23.8 Å². The van der Waals surface area contributed by atoms with E-state index in [0.717, 1.165) is 12.8 Å². The van der Waals surface area contributed by atoms with Gasteiger partial charge < -0.3 is 9.84 Å². The molecule has 1 fully saturated rings. The van der Waals surface area contributed by atoms with E-state index in [-0.39, 0.29) is 6.61 Å². The van der Waals surface area contributed by atoms with E-state index in [2.05, 4.69) is 11.6 Å². The molecule has 0 amide bonds. The third-order valence-corrected chi connectivity index (χ3v) is 5.24. The van der Waals surface area contributed by atoms with Crippen molar-refractivity contribution in [2.24, 2.45) is 5.92 Å². The van der Waals surface area contributed by atoms with Crippen LogP contribution in [0.3, 0.4) is 0 Å². The van der Waals surface area contributed by atoms with E-state index in [9.17, 15) is 13.5 Å². The number of hydrogen-bond acceptors (Lipinski definition) is 4. The number of nitrogens with zero attached hydrogens (tertiary/aromatic N) is 1. The highest BCUT2D eigenvalue weighted by molar-refractivity contribution is 7.90. The van der Waals surface area contributed by atoms with E-state index < -0.39 is 10.2 Å². The Bertz CT molecular complexity index is 604. The van der Waals surface area contributed by atoms with Gasteiger partial charge >= 0.3 is 10.2 Å². The Hall–Kier alpha value is -1.31. The van der Waals surface area contributed by atoms with Crippen LogP contribution in [0.15, 0.2) is 18.2 Å². The van der Waals surface area contributed by atoms with Gasteiger partial charge in [-0.25, -0.2) is 0 Å². The van der Waals surface area contributed by atoms with E-state index in [4.69, 9.17) is 4.74 Å². The summed E-state index contributed by atoms with van der Waals surface area (Å²) in [6, 6.07) is 4.93. The first-order valence-corrected chi connectivity index (χ1v) is 9.04. The molecule has 7 heteroatoms. The summed E-state index contributed by atoms with van der Waals surface area (Å²) in [6.07, 6.45) is 1.94. The average molecular weight is 328 g/mol. The van der Waals surface area contributed by atoms with Crippen molar-refractivity contribution in [3.8, 4) is 5.75 Å². The molecule has 1 aromatic carbocycles. The Kier molecular flexibility index (Phi) is 5.66. The van der Waals surface area contributed by atoms with Crippen LogP contribution in [0.1, 0.15) is 32.3 Å². The fourth-order valence-electron chi connectivity index (χ4n) is 2.64. The van der Waals surface area contributed by atoms with Gasteiger partial charge in [-0.2, -0.15) is 12.7 Å². The number of benzene rings is 1. The number of ether oxygens (including phenoxy) is 1. The molecule has 0 aromatic heterocycles. The van der Waals surface area contributed by atoms with Crippen LogP contribution in [0, 0.1) is 5.92 Å². The summed E-state index contributed by atoms with van der Waals surface area (Å²) < 4.78 is 34.3. The molecule has 124 valence electrons. The van der Waals surface area contributed by atoms with Crippen LogP contribution in [0.5, 0.6) is 5.75 Å². The fraction of sp³-hybridized carbons (Fsp3) is 0.600. The Morgan fingerprint density at radius 2 is 2.23 bits per heavy atom. The average Bonchev–Trinajstić information content (AvgIpc) is 2.48. The summed E-state index contributed by atoms with van der Waals surface area (Å²) in [5, 5.41) is 9.38. The SMILES string of the molecule is CCOc1ccc(NS(=O)(=O)N2CCCC(C)C2)cc1CO. The first kappa shape index (κ1) is 17.1. The number of piperidine rings is 1. The largest absolute Gasteiger partial charge is 0.494 e. The van der Waals surface area contributed by atoms with Crippen LogP contribution in [0.25, 0.3) is 0 Å². The number of aliphatic hydroxyl groups is 1. The zero-order chi connectivity index (χ0) is 16.2. The molecule has 0 bridgehead atoms. The lowest BCUT2D eigenvalue weighted by atomic mass is 10.0. The van der Waals surface area contributed by atoms with Crippen molar-refractivity contribution >= 4 is 15.9 Å². The summed E-state index contributed by atoms with van der Waals surface area (Å²) in [7, 11) is -3.56. The Labute approximate surface area is 132 Å². The predicted molar refractivity (Wildman–Crippen MR) is 86.0 cm³/mol. The van der Waals surface area contributed by atoms with Crippen molar-refractivity contribution in [2.75, 3.05) is 24.4 Å². The van der Waals surface area contributed by atoms with E-state index in [1.807, 2.05) is 6.92 Å². The highest BCUT2D eigenvalue weighted by atomic mass is 32.2. The number of nitrogens with one attached hydrogen (secondary N) is 1. The number of rotatable bonds is 6. The van der Waals surface area contributed by atoms with Crippen molar-refractivity contribution in [1.29, 1.82) is 0 Å². The molecule has 1 saturated heterocycles. The highest BCUT2D eigenvalue weighted by Crippen LogP contribution is 2.25. The van der Waals surface area contributed by atoms with Crippen LogP contribution >= 0.6 is 0 Å². The molecule has 0 radical (unpaired) electrons. The van der Waals surface area contributed by atoms with Gasteiger partial charge in [-0.1, -0.05) is 6.92 Å². The van der Waals surface area contributed by atoms with E-state index in [1.54, 1.807) is 18.2 Å². The van der Waals surface area contributed by atoms with Gasteiger partial charge in [-0.15, -0.1) is 0 Å². The van der Waals surface area contributed by atoms with Gasteiger partial charge in [-0.05, 0) is 43.9 Å². The first-order valence-electron chi connectivity index (χ1n) is 7.60. The van der Waals surface area contributed by atoms with Gasteiger partial charge in [0.2, 0.25) is 0 Å². The molecule has 0 aliphatic carbocycles. The lowest BCUT2D eigenvalue weighted by Gasteiger charge is -2.30. The number of hydrogen-bond donors (Lipinski definition) is 2. The van der Waals surface area contributed by atoms with Gasteiger partial charge in [0.05, 0.1) is 18.9 Å². The summed E-state index contributed by atoms with van der Waals surface area (Å²) in [6.45, 7) is 5.29. The summed E-state index contributed by atoms with van der Waals surface area (Å²) >= 11 is 0. The molecule has 1 heterocycles. The quantitative estimate of drug-likeness (QED) is 0.837. The monoisotopic (exact) mass is 328 g/mol. The topological polar surface area (TPSA) is 78.9 Å². The van der Waals surface area contributed by atoms with Crippen LogP contribution in [0.4, 0.5) is 5.69 Å². The fourth-order valence-corrected chi connectivity index (χ4v) is 4.02. The van der Waals surface area contributed by atoms with E-state index >= 15 is 0 Å². The lowest BCUT2D eigenvalue weighted by Crippen LogP contribution is -2.42. The van der Waals surface area contributed by atoms with Gasteiger partial charge in [0.15, 0.2) is 0 Å². The minimum atomic E-state index is -3.56. The second-order valence-electron chi connectivity index (χ2n) is 5.63. The molecule has 1 aliphatic heterocycles. The van der Waals surface area contributed by atoms with Crippen molar-refractivity contribution in [2.45, 2.75) is 33.3 Å². The van der Waals surface area contributed by atoms with E-state index in [0.29, 0.717) is 42.6 Å². The highest BCUT2D eigenvalue weighted by Gasteiger charge is 2.27. The molecule has 1 aliphatic rings. The molecule has 2 N–H and O–H groups in total. The molecule has 2 rings (SSSR count). The van der Waals surface area contributed by atoms with Gasteiger partial charge in [0, 0.05) is 18.7 Å². The summed E-state index contributed by atoms with van der Waals surface area (Å²) in [5.74, 6) is 0.943. The molecular formula is C15H24N2O4S. The van der Waals surface area contributed by atoms with Crippen molar-refractivity contribution < 1.29 is 18.3 Å². The number of aliphatic hydroxyl groups excluding tert-OH is 1. The Morgan fingerprint density at radius 3 is 2.86 bits per heavy atom. The maximum atomic E-state index is 12.4. The van der Waals surface area contributed by atoms with Gasteiger partial charge in [-0.3, -0.25) is 4.72 Å². The molecular weight excluding hydrogens is 304 g/mol. The van der Waals surface area contributed by atoms with Crippen LogP contribution in [-0.4, -0.2) is 37.5 Å². The van der Waals surface area contributed by atoms with Crippen LogP contribution in [-0.2, 0) is 16.8 Å². The first-order chi connectivity index (χ1) is 10.5. The van der Waals surface area contributed by atoms with Crippen molar-refractivity contribution in [1.82, 2.24) is 4.31 Å². The molecule has 1 unspecified atom stereocenters. The van der Waals surface area contributed by atoms with Gasteiger partial charge in [0.25, 0.3) is 0 Å². The maximum Gasteiger partial charge on any atom is 0.301 e. The summed E-state index contributed by atoms with van der Waals surface area (Å²) in [4.78, 5) is 0. The molecule has 22 heavy (non-hydrogen) atoms. The minimum Gasteiger partial charge on any atom is -0.494 e. The maximum absolute atomic E-state index is 12.4. The zero-order valence-electron chi connectivity index (χ0n) is 13.1. The third kappa shape index (κ3) is 4.12. The zero-order valence-corrected chi connectivity index (χ0v) is 13.9. The Balaban J connectivity index is 2.15. The molecule has 6 nitrogen and oxygen atoms in total. The lowest BCUT2D eigenvalue weighted by molar-refractivity contribution is 0.267. The second-order valence-corrected chi connectivity index (χ2v) is 7.30. The predicted octanol–water partition coefficient (Wildman–Crippen LogP) is 1.97. The molecule has 1 aromatic rings. The molecule has 1 atom stereocenters. The standard InChI is InChI=1S/C15H24N2O4S/c1-3-21-15-7-6-14(9-13(15)11-18)16-22(19,20)17-8-4-5-12(2)10-17/h6-7,9,12,16,18H,3-5,8,10-11H2,1-2H3. The summed E-state index contributed by atoms with van der Waals surface area (Å²) in [5.41, 5.74) is 1.000. The van der Waals surface area contributed by atoms with Crippen LogP contribution in [0.2, 0.25) is 0 Å². The molecule has 0 spiro atoms. The third-order valence-electron chi connectivity index (χ3n) is 3.74. The van der Waals surface area contributed by atoms with Crippen molar-refractivity contribution in [3.63, 3.8) is 0 Å². The molecule has 0 saturated carbocycles. The normalized spacial score (nSPS) is 19.9. The second kappa shape index (κ2) is 7.30. The van der Waals surface area contributed by atoms with Crippen LogP contribution < -0.4 is 9.46 Å². The van der Waals surface area contributed by atoms with E-state index in [1.165, 1.54) is 4.31 Å². The number of anilines is 1. The minimum absolute atomic E-state index is 0.203. The Morgan fingerprint density at radius 1 is 1.45 bits per heavy atom.